The van der Waals surface area contributed by atoms with Crippen LogP contribution in [0.25, 0.3) is 5.52 Å². The molecule has 1 amide bonds. The van der Waals surface area contributed by atoms with Crippen molar-refractivity contribution in [2.45, 2.75) is 44.6 Å². The van der Waals surface area contributed by atoms with Crippen molar-refractivity contribution in [3.63, 3.8) is 0 Å². The maximum absolute atomic E-state index is 13.5. The summed E-state index contributed by atoms with van der Waals surface area (Å²) in [7, 11) is 0. The maximum atomic E-state index is 13.5. The van der Waals surface area contributed by atoms with Gasteiger partial charge in [0.25, 0.3) is 5.91 Å². The van der Waals surface area contributed by atoms with Crippen molar-refractivity contribution in [2.24, 2.45) is 5.92 Å². The van der Waals surface area contributed by atoms with Crippen molar-refractivity contribution in [1.29, 1.82) is 0 Å². The van der Waals surface area contributed by atoms with Gasteiger partial charge in [0.15, 0.2) is 5.69 Å². The van der Waals surface area contributed by atoms with Crippen molar-refractivity contribution in [1.82, 2.24) is 14.5 Å². The zero-order chi connectivity index (χ0) is 19.1. The van der Waals surface area contributed by atoms with Crippen LogP contribution < -0.4 is 0 Å². The number of fused-ring (bicyclic) bond motifs is 2. The molecular formula is C23H24ClN3O. The highest BCUT2D eigenvalue weighted by molar-refractivity contribution is 6.30. The first-order valence-electron chi connectivity index (χ1n) is 10.2. The zero-order valence-corrected chi connectivity index (χ0v) is 16.6. The molecule has 0 saturated heterocycles. The second-order valence-corrected chi connectivity index (χ2v) is 8.47. The van der Waals surface area contributed by atoms with Gasteiger partial charge in [-0.2, -0.15) is 5.10 Å². The molecule has 2 aliphatic rings. The van der Waals surface area contributed by atoms with E-state index in [4.69, 9.17) is 11.6 Å². The highest BCUT2D eigenvalue weighted by atomic mass is 35.5. The average molecular weight is 394 g/mol. The third-order valence-corrected chi connectivity index (χ3v) is 6.56. The summed E-state index contributed by atoms with van der Waals surface area (Å²) >= 11 is 6.08. The Bertz CT molecular complexity index is 1020. The predicted molar refractivity (Wildman–Crippen MR) is 111 cm³/mol. The highest BCUT2D eigenvalue weighted by Gasteiger charge is 2.37. The summed E-state index contributed by atoms with van der Waals surface area (Å²) in [5, 5.41) is 5.14. The summed E-state index contributed by atoms with van der Waals surface area (Å²) < 4.78 is 1.70. The summed E-state index contributed by atoms with van der Waals surface area (Å²) in [4.78, 5) is 15.6. The van der Waals surface area contributed by atoms with Crippen molar-refractivity contribution in [3.05, 3.63) is 70.5 Å². The number of carbonyl (C=O) groups excluding carboxylic acids is 1. The molecule has 0 radical (unpaired) electrons. The van der Waals surface area contributed by atoms with Gasteiger partial charge in [0.2, 0.25) is 0 Å². The fourth-order valence-electron chi connectivity index (χ4n) is 5.00. The average Bonchev–Trinajstić information content (AvgIpc) is 3.16. The summed E-state index contributed by atoms with van der Waals surface area (Å²) in [5.74, 6) is 0.565. The number of benzene rings is 1. The molecule has 1 fully saturated rings. The number of aromatic nitrogens is 2. The Hall–Kier alpha value is -2.33. The van der Waals surface area contributed by atoms with E-state index in [0.717, 1.165) is 18.5 Å². The molecule has 1 saturated carbocycles. The van der Waals surface area contributed by atoms with Gasteiger partial charge in [0.05, 0.1) is 16.6 Å². The minimum atomic E-state index is 0.0323. The van der Waals surface area contributed by atoms with E-state index in [1.165, 1.54) is 43.2 Å². The van der Waals surface area contributed by atoms with Crippen LogP contribution in [0.3, 0.4) is 0 Å². The first kappa shape index (κ1) is 17.7. The van der Waals surface area contributed by atoms with Gasteiger partial charge in [0.1, 0.15) is 0 Å². The fourth-order valence-corrected chi connectivity index (χ4v) is 5.15. The van der Waals surface area contributed by atoms with Crippen LogP contribution in [0.4, 0.5) is 0 Å². The number of rotatable bonds is 2. The van der Waals surface area contributed by atoms with Gasteiger partial charge in [-0.1, -0.05) is 55.1 Å². The van der Waals surface area contributed by atoms with E-state index in [-0.39, 0.29) is 11.9 Å². The van der Waals surface area contributed by atoms with Crippen LogP contribution in [-0.2, 0) is 6.42 Å². The van der Waals surface area contributed by atoms with Crippen molar-refractivity contribution in [2.75, 3.05) is 6.54 Å². The van der Waals surface area contributed by atoms with Gasteiger partial charge in [-0.15, -0.1) is 0 Å². The van der Waals surface area contributed by atoms with Crippen LogP contribution in [0.15, 0.2) is 48.7 Å². The number of pyridine rings is 1. The Morgan fingerprint density at radius 3 is 2.75 bits per heavy atom. The lowest BCUT2D eigenvalue weighted by Crippen LogP contribution is -2.43. The standard InChI is InChI=1S/C23H24ClN3O/c24-18-10-11-19-14-21(25-27(19)15-18)23(28)26-13-12-16-6-4-5-9-20(16)22(26)17-7-2-1-3-8-17/h4-6,9-11,14-15,17,22H,1-3,7-8,12-13H2. The molecule has 1 aliphatic carbocycles. The summed E-state index contributed by atoms with van der Waals surface area (Å²) in [5.41, 5.74) is 4.12. The number of hydrogen-bond acceptors (Lipinski definition) is 2. The zero-order valence-electron chi connectivity index (χ0n) is 15.9. The van der Waals surface area contributed by atoms with Gasteiger partial charge in [-0.25, -0.2) is 4.52 Å². The maximum Gasteiger partial charge on any atom is 0.274 e. The fraction of sp³-hybridized carbons (Fsp3) is 0.391. The van der Waals surface area contributed by atoms with Crippen LogP contribution in [0.5, 0.6) is 0 Å². The molecule has 28 heavy (non-hydrogen) atoms. The third-order valence-electron chi connectivity index (χ3n) is 6.33. The molecule has 1 aliphatic heterocycles. The lowest BCUT2D eigenvalue weighted by Gasteiger charge is -2.42. The number of hydrogen-bond donors (Lipinski definition) is 0. The van der Waals surface area contributed by atoms with Crippen molar-refractivity contribution in [3.8, 4) is 0 Å². The number of carbonyl (C=O) groups is 1. The molecule has 3 heterocycles. The van der Waals surface area contributed by atoms with Gasteiger partial charge in [-0.05, 0) is 54.5 Å². The van der Waals surface area contributed by atoms with E-state index < -0.39 is 0 Å². The molecule has 1 unspecified atom stereocenters. The van der Waals surface area contributed by atoms with Gasteiger partial charge in [-0.3, -0.25) is 4.79 Å². The molecule has 5 heteroatoms. The van der Waals surface area contributed by atoms with Gasteiger partial charge < -0.3 is 4.90 Å². The minimum absolute atomic E-state index is 0.0323. The van der Waals surface area contributed by atoms with Gasteiger partial charge >= 0.3 is 0 Å². The molecular weight excluding hydrogens is 370 g/mol. The van der Waals surface area contributed by atoms with Crippen LogP contribution in [0.1, 0.15) is 59.8 Å². The van der Waals surface area contributed by atoms with E-state index in [2.05, 4.69) is 34.3 Å². The first-order chi connectivity index (χ1) is 13.7. The second kappa shape index (κ2) is 7.25. The second-order valence-electron chi connectivity index (χ2n) is 8.04. The first-order valence-corrected chi connectivity index (χ1v) is 10.6. The molecule has 4 nitrogen and oxygen atoms in total. The Kier molecular flexibility index (Phi) is 4.59. The normalized spacial score (nSPS) is 20.3. The quantitative estimate of drug-likeness (QED) is 0.591. The topological polar surface area (TPSA) is 37.6 Å². The summed E-state index contributed by atoms with van der Waals surface area (Å²) in [6.07, 6.45) is 8.89. The molecule has 3 aromatic rings. The van der Waals surface area contributed by atoms with E-state index in [0.29, 0.717) is 16.6 Å². The molecule has 1 atom stereocenters. The van der Waals surface area contributed by atoms with Crippen LogP contribution in [0.2, 0.25) is 5.02 Å². The van der Waals surface area contributed by atoms with E-state index in [1.54, 1.807) is 10.7 Å². The highest BCUT2D eigenvalue weighted by Crippen LogP contribution is 2.42. The van der Waals surface area contributed by atoms with Crippen molar-refractivity contribution >= 4 is 23.0 Å². The molecule has 2 aromatic heterocycles. The Balaban J connectivity index is 1.53. The van der Waals surface area contributed by atoms with Crippen LogP contribution in [-0.4, -0.2) is 27.0 Å². The monoisotopic (exact) mass is 393 g/mol. The lowest BCUT2D eigenvalue weighted by molar-refractivity contribution is 0.0534. The number of nitrogens with zero attached hydrogens (tertiary/aromatic N) is 3. The third kappa shape index (κ3) is 3.10. The molecule has 0 bridgehead atoms. The van der Waals surface area contributed by atoms with Crippen molar-refractivity contribution < 1.29 is 4.79 Å². The van der Waals surface area contributed by atoms with E-state index in [1.807, 2.05) is 18.2 Å². The Morgan fingerprint density at radius 1 is 1.07 bits per heavy atom. The predicted octanol–water partition coefficient (Wildman–Crippen LogP) is 5.31. The summed E-state index contributed by atoms with van der Waals surface area (Å²) in [6.45, 7) is 0.756. The van der Waals surface area contributed by atoms with Crippen LogP contribution in [0, 0.1) is 5.92 Å². The van der Waals surface area contributed by atoms with Gasteiger partial charge in [0, 0.05) is 12.7 Å². The SMILES string of the molecule is O=C(c1cc2ccc(Cl)cn2n1)N1CCc2ccccc2C1C1CCCCC1. The largest absolute Gasteiger partial charge is 0.330 e. The molecule has 144 valence electrons. The van der Waals surface area contributed by atoms with Crippen LogP contribution >= 0.6 is 11.6 Å². The smallest absolute Gasteiger partial charge is 0.274 e. The van der Waals surface area contributed by atoms with E-state index in [9.17, 15) is 4.79 Å². The minimum Gasteiger partial charge on any atom is -0.330 e. The summed E-state index contributed by atoms with van der Waals surface area (Å²) in [6, 6.07) is 14.4. The van der Waals surface area contributed by atoms with E-state index >= 15 is 0 Å². The molecule has 0 spiro atoms. The Labute approximate surface area is 170 Å². The lowest BCUT2D eigenvalue weighted by atomic mass is 9.77. The molecule has 5 rings (SSSR count). The Morgan fingerprint density at radius 2 is 1.89 bits per heavy atom. The molecule has 1 aromatic carbocycles. The number of amides is 1. The number of halogens is 1. The molecule has 0 N–H and O–H groups in total.